The second-order valence-corrected chi connectivity index (χ2v) is 5.37. The molecular weight excluding hydrogens is 204 g/mol. The van der Waals surface area contributed by atoms with E-state index in [4.69, 9.17) is 0 Å². The Morgan fingerprint density at radius 1 is 1.00 bits per heavy atom. The normalized spacial score (nSPS) is 11.1. The molecule has 0 aromatic heterocycles. The molecule has 2 rings (SSSR count). The van der Waals surface area contributed by atoms with Gasteiger partial charge in [-0.15, -0.1) is 5.92 Å². The van der Waals surface area contributed by atoms with Crippen LogP contribution in [0, 0.1) is 11.8 Å². The first kappa shape index (κ1) is 11.7. The maximum atomic E-state index is 3.21. The zero-order valence-electron chi connectivity index (χ0n) is 11.0. The molecule has 0 saturated heterocycles. The molecule has 0 bridgehead atoms. The molecule has 0 aliphatic heterocycles. The van der Waals surface area contributed by atoms with Crippen molar-refractivity contribution in [1.82, 2.24) is 0 Å². The van der Waals surface area contributed by atoms with Gasteiger partial charge in [0.25, 0.3) is 0 Å². The number of rotatable bonds is 0. The molecule has 17 heavy (non-hydrogen) atoms. The molecule has 0 atom stereocenters. The van der Waals surface area contributed by atoms with Crippen LogP contribution in [0.4, 0.5) is 0 Å². The van der Waals surface area contributed by atoms with Crippen molar-refractivity contribution in [2.45, 2.75) is 33.1 Å². The molecule has 0 heterocycles. The van der Waals surface area contributed by atoms with Crippen LogP contribution in [0.25, 0.3) is 10.8 Å². The van der Waals surface area contributed by atoms with Gasteiger partial charge in [-0.25, -0.2) is 0 Å². The van der Waals surface area contributed by atoms with E-state index in [0.717, 1.165) is 5.56 Å². The van der Waals surface area contributed by atoms with Gasteiger partial charge in [0, 0.05) is 5.56 Å². The van der Waals surface area contributed by atoms with Crippen LogP contribution in [-0.4, -0.2) is 0 Å². The molecule has 86 valence electrons. The third-order valence-electron chi connectivity index (χ3n) is 2.99. The smallest absolute Gasteiger partial charge is 0.0326 e. The molecule has 0 aliphatic carbocycles. The summed E-state index contributed by atoms with van der Waals surface area (Å²) in [6, 6.07) is 12.9. The molecule has 0 nitrogen and oxygen atoms in total. The van der Waals surface area contributed by atoms with E-state index in [9.17, 15) is 0 Å². The summed E-state index contributed by atoms with van der Waals surface area (Å²) in [5, 5.41) is 2.52. The van der Waals surface area contributed by atoms with Crippen molar-refractivity contribution in [2.24, 2.45) is 0 Å². The van der Waals surface area contributed by atoms with Crippen LogP contribution in [0.5, 0.6) is 0 Å². The Balaban J connectivity index is 2.79. The van der Waals surface area contributed by atoms with Crippen LogP contribution in [0.3, 0.4) is 0 Å². The van der Waals surface area contributed by atoms with Gasteiger partial charge >= 0.3 is 0 Å². The highest BCUT2D eigenvalue weighted by Crippen LogP contribution is 2.28. The fourth-order valence-corrected chi connectivity index (χ4v) is 1.98. The van der Waals surface area contributed by atoms with Gasteiger partial charge in [-0.1, -0.05) is 57.0 Å². The summed E-state index contributed by atoms with van der Waals surface area (Å²) in [5.41, 5.74) is 2.64. The molecular formula is C17H18. The van der Waals surface area contributed by atoms with E-state index in [-0.39, 0.29) is 5.41 Å². The van der Waals surface area contributed by atoms with Gasteiger partial charge in [0.2, 0.25) is 0 Å². The van der Waals surface area contributed by atoms with Gasteiger partial charge in [0.05, 0.1) is 0 Å². The topological polar surface area (TPSA) is 0 Å². The predicted octanol–water partition coefficient (Wildman–Crippen LogP) is 4.51. The number of fused-ring (bicyclic) bond motifs is 1. The molecule has 0 unspecified atom stereocenters. The molecule has 0 heteroatoms. The van der Waals surface area contributed by atoms with Crippen molar-refractivity contribution >= 4 is 10.8 Å². The van der Waals surface area contributed by atoms with E-state index in [0.29, 0.717) is 0 Å². The largest absolute Gasteiger partial charge is 0.101 e. The van der Waals surface area contributed by atoms with Crippen molar-refractivity contribution in [1.29, 1.82) is 0 Å². The van der Waals surface area contributed by atoms with E-state index >= 15 is 0 Å². The van der Waals surface area contributed by atoms with Crippen molar-refractivity contribution in [3.05, 3.63) is 47.5 Å². The highest BCUT2D eigenvalue weighted by molar-refractivity contribution is 5.89. The van der Waals surface area contributed by atoms with Crippen LogP contribution in [0.15, 0.2) is 36.4 Å². The molecule has 0 N–H and O–H groups in total. The van der Waals surface area contributed by atoms with Crippen LogP contribution in [-0.2, 0) is 5.41 Å². The minimum absolute atomic E-state index is 0.161. The van der Waals surface area contributed by atoms with Crippen LogP contribution in [0.2, 0.25) is 0 Å². The second-order valence-electron chi connectivity index (χ2n) is 5.37. The first-order valence-electron chi connectivity index (χ1n) is 5.98. The minimum Gasteiger partial charge on any atom is -0.101 e. The Morgan fingerprint density at radius 2 is 1.71 bits per heavy atom. The Morgan fingerprint density at radius 3 is 2.35 bits per heavy atom. The molecule has 0 aliphatic rings. The lowest BCUT2D eigenvalue weighted by atomic mass is 9.84. The predicted molar refractivity (Wildman–Crippen MR) is 75.2 cm³/mol. The minimum atomic E-state index is 0.161. The first-order chi connectivity index (χ1) is 8.02. The molecule has 0 fully saturated rings. The summed E-state index contributed by atoms with van der Waals surface area (Å²) in [6.07, 6.45) is 0. The number of hydrogen-bond acceptors (Lipinski definition) is 0. The monoisotopic (exact) mass is 222 g/mol. The van der Waals surface area contributed by atoms with E-state index in [1.807, 2.05) is 6.92 Å². The zero-order valence-corrected chi connectivity index (χ0v) is 11.0. The van der Waals surface area contributed by atoms with Crippen LogP contribution >= 0.6 is 0 Å². The Labute approximate surface area is 104 Å². The summed E-state index contributed by atoms with van der Waals surface area (Å²) in [7, 11) is 0. The summed E-state index contributed by atoms with van der Waals surface area (Å²) in [6.45, 7) is 8.60. The van der Waals surface area contributed by atoms with Crippen molar-refractivity contribution in [2.75, 3.05) is 0 Å². The lowest BCUT2D eigenvalue weighted by Crippen LogP contribution is -2.11. The summed E-state index contributed by atoms with van der Waals surface area (Å²) in [4.78, 5) is 0. The van der Waals surface area contributed by atoms with Crippen LogP contribution < -0.4 is 0 Å². The lowest BCUT2D eigenvalue weighted by molar-refractivity contribution is 0.591. The fraction of sp³-hybridized carbons (Fsp3) is 0.294. The van der Waals surface area contributed by atoms with Gasteiger partial charge in [-0.3, -0.25) is 0 Å². The number of hydrogen-bond donors (Lipinski definition) is 0. The lowest BCUT2D eigenvalue weighted by Gasteiger charge is -2.20. The second kappa shape index (κ2) is 4.26. The third kappa shape index (κ3) is 2.34. The van der Waals surface area contributed by atoms with Crippen molar-refractivity contribution in [3.63, 3.8) is 0 Å². The molecule has 0 saturated carbocycles. The molecule has 0 amide bonds. The Bertz CT molecular complexity index is 601. The fourth-order valence-electron chi connectivity index (χ4n) is 1.98. The summed E-state index contributed by atoms with van der Waals surface area (Å²) in [5.74, 6) is 6.22. The van der Waals surface area contributed by atoms with Gasteiger partial charge in [0.15, 0.2) is 0 Å². The average Bonchev–Trinajstić information content (AvgIpc) is 2.28. The summed E-state index contributed by atoms with van der Waals surface area (Å²) >= 11 is 0. The molecule has 0 radical (unpaired) electrons. The first-order valence-corrected chi connectivity index (χ1v) is 5.98. The Kier molecular flexibility index (Phi) is 2.94. The highest BCUT2D eigenvalue weighted by Gasteiger charge is 2.15. The van der Waals surface area contributed by atoms with Gasteiger partial charge < -0.3 is 0 Å². The molecule has 2 aromatic rings. The Hall–Kier alpha value is -1.74. The van der Waals surface area contributed by atoms with E-state index in [2.05, 4.69) is 69.0 Å². The average molecular weight is 222 g/mol. The van der Waals surface area contributed by atoms with E-state index in [1.165, 1.54) is 16.3 Å². The van der Waals surface area contributed by atoms with Crippen molar-refractivity contribution in [3.8, 4) is 11.8 Å². The third-order valence-corrected chi connectivity index (χ3v) is 2.99. The molecule has 2 aromatic carbocycles. The zero-order chi connectivity index (χ0) is 12.5. The van der Waals surface area contributed by atoms with Crippen molar-refractivity contribution < 1.29 is 0 Å². The van der Waals surface area contributed by atoms with Gasteiger partial charge in [-0.05, 0) is 34.7 Å². The van der Waals surface area contributed by atoms with E-state index < -0.39 is 0 Å². The quantitative estimate of drug-likeness (QED) is 0.575. The maximum absolute atomic E-state index is 3.21. The summed E-state index contributed by atoms with van der Waals surface area (Å²) < 4.78 is 0. The number of benzene rings is 2. The SMILES string of the molecule is CC#Cc1cc(C(C)(C)C)cc2ccccc12. The molecule has 0 spiro atoms. The highest BCUT2D eigenvalue weighted by atomic mass is 14.2. The van der Waals surface area contributed by atoms with E-state index in [1.54, 1.807) is 0 Å². The maximum Gasteiger partial charge on any atom is 0.0326 e. The standard InChI is InChI=1S/C17H18/c1-5-8-13-11-15(17(2,3)4)12-14-9-6-7-10-16(13)14/h6-7,9-12H,1-4H3. The van der Waals surface area contributed by atoms with Gasteiger partial charge in [0.1, 0.15) is 0 Å². The van der Waals surface area contributed by atoms with Crippen LogP contribution in [0.1, 0.15) is 38.8 Å². The van der Waals surface area contributed by atoms with Gasteiger partial charge in [-0.2, -0.15) is 0 Å².